The standard InChI is InChI=1S/C8H18OSi2/c10-8(11-6-3-7-11)4-1-2-5-9-8/h11H,1-7H2,10H3. The molecule has 2 aliphatic rings. The number of hydrogen-bond acceptors (Lipinski definition) is 1. The van der Waals surface area contributed by atoms with Gasteiger partial charge in [-0.25, -0.2) is 0 Å². The molecule has 0 aromatic rings. The normalized spacial score (nSPS) is 40.4. The predicted octanol–water partition coefficient (Wildman–Crippen LogP) is 0.419. The molecule has 2 heterocycles. The van der Waals surface area contributed by atoms with Gasteiger partial charge in [0, 0.05) is 21.7 Å². The summed E-state index contributed by atoms with van der Waals surface area (Å²) in [4.78, 5) is 0.552. The van der Waals surface area contributed by atoms with Crippen LogP contribution in [0.15, 0.2) is 0 Å². The summed E-state index contributed by atoms with van der Waals surface area (Å²) in [5, 5.41) is 0. The fraction of sp³-hybridized carbons (Fsp3) is 1.00. The summed E-state index contributed by atoms with van der Waals surface area (Å²) in [5.74, 6) is 0. The first kappa shape index (κ1) is 8.01. The van der Waals surface area contributed by atoms with Crippen LogP contribution in [0.4, 0.5) is 0 Å². The van der Waals surface area contributed by atoms with Gasteiger partial charge >= 0.3 is 0 Å². The predicted molar refractivity (Wildman–Crippen MR) is 53.9 cm³/mol. The Kier molecular flexibility index (Phi) is 2.21. The Morgan fingerprint density at radius 3 is 2.45 bits per heavy atom. The van der Waals surface area contributed by atoms with Crippen molar-refractivity contribution in [3.8, 4) is 0 Å². The van der Waals surface area contributed by atoms with Gasteiger partial charge in [-0.2, -0.15) is 0 Å². The van der Waals surface area contributed by atoms with E-state index in [0.717, 1.165) is 6.61 Å². The van der Waals surface area contributed by atoms with Crippen LogP contribution in [0.1, 0.15) is 25.7 Å². The molecule has 2 saturated heterocycles. The van der Waals surface area contributed by atoms with Crippen molar-refractivity contribution in [1.29, 1.82) is 0 Å². The molecule has 1 nitrogen and oxygen atoms in total. The number of hydrogen-bond donors (Lipinski definition) is 0. The van der Waals surface area contributed by atoms with Crippen LogP contribution in [0.2, 0.25) is 12.1 Å². The lowest BCUT2D eigenvalue weighted by atomic mass is 10.2. The van der Waals surface area contributed by atoms with Crippen LogP contribution >= 0.6 is 0 Å². The fourth-order valence-corrected chi connectivity index (χ4v) is 7.59. The maximum Gasteiger partial charge on any atom is 0.0701 e. The Morgan fingerprint density at radius 1 is 1.18 bits per heavy atom. The smallest absolute Gasteiger partial charge is 0.0701 e. The van der Waals surface area contributed by atoms with Gasteiger partial charge in [0.25, 0.3) is 0 Å². The molecule has 11 heavy (non-hydrogen) atoms. The largest absolute Gasteiger partial charge is 0.383 e. The first-order chi connectivity index (χ1) is 5.31. The maximum absolute atomic E-state index is 5.99. The van der Waals surface area contributed by atoms with Crippen molar-refractivity contribution in [2.24, 2.45) is 0 Å². The van der Waals surface area contributed by atoms with Gasteiger partial charge in [-0.15, -0.1) is 0 Å². The van der Waals surface area contributed by atoms with E-state index < -0.39 is 0 Å². The molecule has 1 atom stereocenters. The Balaban J connectivity index is 1.94. The lowest BCUT2D eigenvalue weighted by Crippen LogP contribution is -2.53. The lowest BCUT2D eigenvalue weighted by molar-refractivity contribution is 0.0310. The van der Waals surface area contributed by atoms with Gasteiger partial charge in [0.2, 0.25) is 0 Å². The second-order valence-electron chi connectivity index (χ2n) is 4.25. The van der Waals surface area contributed by atoms with Crippen LogP contribution in [0.5, 0.6) is 0 Å². The zero-order valence-corrected chi connectivity index (χ0v) is 10.6. The van der Waals surface area contributed by atoms with Crippen molar-refractivity contribution in [3.05, 3.63) is 0 Å². The van der Waals surface area contributed by atoms with Crippen LogP contribution < -0.4 is 0 Å². The molecule has 0 bridgehead atoms. The van der Waals surface area contributed by atoms with Crippen molar-refractivity contribution in [3.63, 3.8) is 0 Å². The molecular weight excluding hydrogens is 168 g/mol. The van der Waals surface area contributed by atoms with E-state index in [1.807, 2.05) is 0 Å². The van der Waals surface area contributed by atoms with Gasteiger partial charge in [0.1, 0.15) is 0 Å². The second kappa shape index (κ2) is 3.03. The molecule has 1 unspecified atom stereocenters. The minimum absolute atomic E-state index is 0.358. The van der Waals surface area contributed by atoms with Gasteiger partial charge in [0.15, 0.2) is 0 Å². The van der Waals surface area contributed by atoms with Crippen molar-refractivity contribution in [2.45, 2.75) is 42.6 Å². The highest BCUT2D eigenvalue weighted by Crippen LogP contribution is 2.35. The molecule has 0 aromatic heterocycles. The van der Waals surface area contributed by atoms with Gasteiger partial charge in [0.05, 0.1) is 8.80 Å². The Bertz CT molecular complexity index is 139. The first-order valence-electron chi connectivity index (χ1n) is 4.95. The molecule has 2 rings (SSSR count). The maximum atomic E-state index is 5.99. The molecule has 0 aromatic carbocycles. The third-order valence-electron chi connectivity index (χ3n) is 3.47. The quantitative estimate of drug-likeness (QED) is 0.539. The van der Waals surface area contributed by atoms with Crippen LogP contribution in [0, 0.1) is 0 Å². The Labute approximate surface area is 73.5 Å². The summed E-state index contributed by atoms with van der Waals surface area (Å²) in [6.45, 7) is 1.08. The molecule has 2 fully saturated rings. The Morgan fingerprint density at radius 2 is 2.00 bits per heavy atom. The first-order valence-corrected chi connectivity index (χ1v) is 8.16. The summed E-state index contributed by atoms with van der Waals surface area (Å²) < 4.78 is 5.99. The number of rotatable bonds is 1. The van der Waals surface area contributed by atoms with Gasteiger partial charge in [-0.3, -0.25) is 0 Å². The Hall–Kier alpha value is 0.394. The molecule has 3 heteroatoms. The van der Waals surface area contributed by atoms with Gasteiger partial charge in [-0.05, 0) is 19.3 Å². The average molecular weight is 186 g/mol. The third kappa shape index (κ3) is 1.46. The monoisotopic (exact) mass is 186 g/mol. The van der Waals surface area contributed by atoms with E-state index in [4.69, 9.17) is 4.74 Å². The van der Waals surface area contributed by atoms with E-state index in [-0.39, 0.29) is 8.80 Å². The van der Waals surface area contributed by atoms with E-state index in [9.17, 15) is 0 Å². The van der Waals surface area contributed by atoms with E-state index in [0.29, 0.717) is 4.85 Å². The fourth-order valence-electron chi connectivity index (χ4n) is 2.30. The summed E-state index contributed by atoms with van der Waals surface area (Å²) in [6, 6.07) is 3.17. The molecule has 0 amide bonds. The summed E-state index contributed by atoms with van der Waals surface area (Å²) in [7, 11) is 0.957. The minimum Gasteiger partial charge on any atom is -0.383 e. The number of ether oxygens (including phenoxy) is 1. The van der Waals surface area contributed by atoms with Gasteiger partial charge in [-0.1, -0.05) is 18.5 Å². The van der Waals surface area contributed by atoms with Gasteiger partial charge < -0.3 is 4.74 Å². The second-order valence-corrected chi connectivity index (χ2v) is 10.9. The molecular formula is C8H18OSi2. The summed E-state index contributed by atoms with van der Waals surface area (Å²) in [6.07, 6.45) is 5.72. The van der Waals surface area contributed by atoms with Crippen LogP contribution in [0.25, 0.3) is 0 Å². The van der Waals surface area contributed by atoms with Crippen LogP contribution in [-0.2, 0) is 4.74 Å². The van der Waals surface area contributed by atoms with Crippen LogP contribution in [0.3, 0.4) is 0 Å². The highest BCUT2D eigenvalue weighted by atomic mass is 28.3. The molecule has 64 valence electrons. The topological polar surface area (TPSA) is 9.23 Å². The van der Waals surface area contributed by atoms with Crippen molar-refractivity contribution in [2.75, 3.05) is 6.61 Å². The molecule has 0 N–H and O–H groups in total. The van der Waals surface area contributed by atoms with E-state index >= 15 is 0 Å². The van der Waals surface area contributed by atoms with Crippen molar-refractivity contribution < 1.29 is 4.74 Å². The molecule has 2 aliphatic heterocycles. The minimum atomic E-state index is -0.358. The summed E-state index contributed by atoms with van der Waals surface area (Å²) in [5.41, 5.74) is 0. The molecule has 0 aliphatic carbocycles. The molecule has 0 spiro atoms. The zero-order valence-electron chi connectivity index (χ0n) is 7.44. The highest BCUT2D eigenvalue weighted by molar-refractivity contribution is 6.72. The average Bonchev–Trinajstić information content (AvgIpc) is 1.83. The summed E-state index contributed by atoms with van der Waals surface area (Å²) >= 11 is 0. The highest BCUT2D eigenvalue weighted by Gasteiger charge is 2.40. The van der Waals surface area contributed by atoms with Crippen LogP contribution in [-0.4, -0.2) is 30.5 Å². The SMILES string of the molecule is [SiH3]C1([SiH]2CCC2)CCCCO1. The van der Waals surface area contributed by atoms with Crippen molar-refractivity contribution >= 4 is 19.0 Å². The van der Waals surface area contributed by atoms with E-state index in [1.165, 1.54) is 35.9 Å². The lowest BCUT2D eigenvalue weighted by Gasteiger charge is -2.44. The molecule has 0 radical (unpaired) electrons. The van der Waals surface area contributed by atoms with Crippen molar-refractivity contribution in [1.82, 2.24) is 0 Å². The van der Waals surface area contributed by atoms with E-state index in [2.05, 4.69) is 0 Å². The molecule has 0 saturated carbocycles. The third-order valence-corrected chi connectivity index (χ3v) is 11.1. The van der Waals surface area contributed by atoms with E-state index in [1.54, 1.807) is 12.1 Å². The zero-order chi connectivity index (χ0) is 7.73.